The fourth-order valence-electron chi connectivity index (χ4n) is 3.96. The van der Waals surface area contributed by atoms with E-state index >= 15 is 0 Å². The molecule has 4 aromatic rings. The molecule has 6 nitrogen and oxygen atoms in total. The lowest BCUT2D eigenvalue weighted by Crippen LogP contribution is -2.10. The summed E-state index contributed by atoms with van der Waals surface area (Å²) in [5.41, 5.74) is 6.35. The lowest BCUT2D eigenvalue weighted by Gasteiger charge is -2.13. The number of ether oxygens (including phenoxy) is 2. The molecule has 0 aliphatic heterocycles. The number of methoxy groups -OCH3 is 2. The van der Waals surface area contributed by atoms with Crippen LogP contribution in [0.25, 0.3) is 22.6 Å². The molecular weight excluding hydrogens is 366 g/mol. The molecule has 0 unspecified atom stereocenters. The van der Waals surface area contributed by atoms with E-state index in [0.29, 0.717) is 18.0 Å². The van der Waals surface area contributed by atoms with E-state index in [1.165, 1.54) is 11.3 Å². The van der Waals surface area contributed by atoms with E-state index in [-0.39, 0.29) is 0 Å². The highest BCUT2D eigenvalue weighted by atomic mass is 16.5. The van der Waals surface area contributed by atoms with Gasteiger partial charge in [-0.15, -0.1) is 0 Å². The van der Waals surface area contributed by atoms with E-state index in [2.05, 4.69) is 34.1 Å². The van der Waals surface area contributed by atoms with Crippen molar-refractivity contribution in [2.24, 2.45) is 0 Å². The highest BCUT2D eigenvalue weighted by Gasteiger charge is 2.29. The Balaban J connectivity index is 1.68. The molecule has 2 heterocycles. The van der Waals surface area contributed by atoms with E-state index in [0.717, 1.165) is 41.0 Å². The van der Waals surface area contributed by atoms with Gasteiger partial charge in [-0.05, 0) is 36.6 Å². The van der Waals surface area contributed by atoms with Crippen LogP contribution in [0, 0.1) is 0 Å². The standard InChI is InChI=1S/C23H21N3O3/c1-27-19-11-9-16(12-20(19)28-2)22-21-18(10-8-17-13-24-29-23(17)21)26(25-22)14-15-6-4-3-5-7-15/h3-7,9,11-13H,8,10,14H2,1-2H3. The minimum Gasteiger partial charge on any atom is -0.493 e. The highest BCUT2D eigenvalue weighted by molar-refractivity contribution is 5.83. The minimum absolute atomic E-state index is 0.671. The number of fused-ring (bicyclic) bond motifs is 3. The Morgan fingerprint density at radius 3 is 2.62 bits per heavy atom. The molecule has 0 amide bonds. The first-order chi connectivity index (χ1) is 14.3. The van der Waals surface area contributed by atoms with Crippen molar-refractivity contribution in [3.63, 3.8) is 0 Å². The summed E-state index contributed by atoms with van der Waals surface area (Å²) in [6.45, 7) is 0.708. The molecule has 2 aromatic heterocycles. The van der Waals surface area contributed by atoms with Crippen LogP contribution in [0.3, 0.4) is 0 Å². The molecular formula is C23H21N3O3. The van der Waals surface area contributed by atoms with Crippen molar-refractivity contribution < 1.29 is 14.0 Å². The molecule has 2 aromatic carbocycles. The second kappa shape index (κ2) is 7.13. The molecule has 6 heteroatoms. The predicted octanol–water partition coefficient (Wildman–Crippen LogP) is 4.37. The molecule has 1 aliphatic carbocycles. The molecule has 146 valence electrons. The lowest BCUT2D eigenvalue weighted by molar-refractivity contribution is 0.355. The van der Waals surface area contributed by atoms with Crippen LogP contribution in [0.1, 0.15) is 16.8 Å². The second-order valence-electron chi connectivity index (χ2n) is 7.06. The number of aryl methyl sites for hydroxylation is 1. The topological polar surface area (TPSA) is 62.3 Å². The first-order valence-corrected chi connectivity index (χ1v) is 9.58. The number of aromatic nitrogens is 3. The zero-order valence-corrected chi connectivity index (χ0v) is 16.4. The zero-order chi connectivity index (χ0) is 19.8. The van der Waals surface area contributed by atoms with Crippen LogP contribution in [-0.4, -0.2) is 29.2 Å². The first kappa shape index (κ1) is 17.6. The van der Waals surface area contributed by atoms with Gasteiger partial charge >= 0.3 is 0 Å². The van der Waals surface area contributed by atoms with Crippen LogP contribution < -0.4 is 9.47 Å². The van der Waals surface area contributed by atoms with Crippen molar-refractivity contribution >= 4 is 0 Å². The molecule has 0 radical (unpaired) electrons. The summed E-state index contributed by atoms with van der Waals surface area (Å²) >= 11 is 0. The fraction of sp³-hybridized carbons (Fsp3) is 0.217. The van der Waals surface area contributed by atoms with Crippen molar-refractivity contribution in [3.05, 3.63) is 71.5 Å². The summed E-state index contributed by atoms with van der Waals surface area (Å²) < 4.78 is 18.6. The largest absolute Gasteiger partial charge is 0.493 e. The van der Waals surface area contributed by atoms with Gasteiger partial charge in [0.05, 0.1) is 38.2 Å². The Morgan fingerprint density at radius 1 is 1.00 bits per heavy atom. The van der Waals surface area contributed by atoms with Gasteiger partial charge < -0.3 is 14.0 Å². The molecule has 0 N–H and O–H groups in total. The van der Waals surface area contributed by atoms with Gasteiger partial charge in [0.2, 0.25) is 0 Å². The molecule has 0 fully saturated rings. The Morgan fingerprint density at radius 2 is 1.83 bits per heavy atom. The summed E-state index contributed by atoms with van der Waals surface area (Å²) in [7, 11) is 3.27. The third-order valence-electron chi connectivity index (χ3n) is 5.39. The Bertz CT molecular complexity index is 1160. The zero-order valence-electron chi connectivity index (χ0n) is 16.4. The number of hydrogen-bond donors (Lipinski definition) is 0. The van der Waals surface area contributed by atoms with Crippen LogP contribution in [0.5, 0.6) is 11.5 Å². The average molecular weight is 387 g/mol. The number of nitrogens with zero attached hydrogens (tertiary/aromatic N) is 3. The highest BCUT2D eigenvalue weighted by Crippen LogP contribution is 2.42. The molecule has 5 rings (SSSR count). The quantitative estimate of drug-likeness (QED) is 0.509. The maximum absolute atomic E-state index is 5.65. The normalized spacial score (nSPS) is 12.3. The van der Waals surface area contributed by atoms with Gasteiger partial charge in [0, 0.05) is 11.1 Å². The molecule has 0 saturated carbocycles. The van der Waals surface area contributed by atoms with Gasteiger partial charge in [-0.1, -0.05) is 35.5 Å². The van der Waals surface area contributed by atoms with Gasteiger partial charge in [0.25, 0.3) is 0 Å². The van der Waals surface area contributed by atoms with Crippen LogP contribution in [0.15, 0.2) is 59.3 Å². The summed E-state index contributed by atoms with van der Waals surface area (Å²) in [4.78, 5) is 0. The van der Waals surface area contributed by atoms with Gasteiger partial charge in [-0.25, -0.2) is 0 Å². The smallest absolute Gasteiger partial charge is 0.174 e. The summed E-state index contributed by atoms with van der Waals surface area (Å²) in [5.74, 6) is 2.18. The summed E-state index contributed by atoms with van der Waals surface area (Å²) in [5, 5.41) is 9.03. The third-order valence-corrected chi connectivity index (χ3v) is 5.39. The van der Waals surface area contributed by atoms with Crippen molar-refractivity contribution in [3.8, 4) is 34.1 Å². The summed E-state index contributed by atoms with van der Waals surface area (Å²) in [6, 6.07) is 16.2. The van der Waals surface area contributed by atoms with E-state index in [1.54, 1.807) is 14.2 Å². The van der Waals surface area contributed by atoms with Gasteiger partial charge in [0.1, 0.15) is 5.69 Å². The second-order valence-corrected chi connectivity index (χ2v) is 7.06. The Kier molecular flexibility index (Phi) is 4.31. The monoisotopic (exact) mass is 387 g/mol. The molecule has 0 bridgehead atoms. The third kappa shape index (κ3) is 2.97. The van der Waals surface area contributed by atoms with Crippen LogP contribution in [0.2, 0.25) is 0 Å². The Hall–Kier alpha value is -3.54. The van der Waals surface area contributed by atoms with E-state index in [9.17, 15) is 0 Å². The van der Waals surface area contributed by atoms with Crippen molar-refractivity contribution in [1.29, 1.82) is 0 Å². The number of benzene rings is 2. The van der Waals surface area contributed by atoms with E-state index < -0.39 is 0 Å². The predicted molar refractivity (Wildman–Crippen MR) is 109 cm³/mol. The van der Waals surface area contributed by atoms with Gasteiger partial charge in [-0.2, -0.15) is 5.10 Å². The number of hydrogen-bond acceptors (Lipinski definition) is 5. The maximum Gasteiger partial charge on any atom is 0.174 e. The van der Waals surface area contributed by atoms with Crippen molar-refractivity contribution in [1.82, 2.24) is 14.9 Å². The van der Waals surface area contributed by atoms with E-state index in [1.807, 2.05) is 30.5 Å². The van der Waals surface area contributed by atoms with E-state index in [4.69, 9.17) is 19.1 Å². The summed E-state index contributed by atoms with van der Waals surface area (Å²) in [6.07, 6.45) is 3.61. The maximum atomic E-state index is 5.65. The average Bonchev–Trinajstić information content (AvgIpc) is 3.38. The van der Waals surface area contributed by atoms with Crippen LogP contribution in [0.4, 0.5) is 0 Å². The van der Waals surface area contributed by atoms with Gasteiger partial charge in [0.15, 0.2) is 17.3 Å². The SMILES string of the molecule is COc1ccc(-c2nn(Cc3ccccc3)c3c2-c2oncc2CC3)cc1OC. The molecule has 0 atom stereocenters. The van der Waals surface area contributed by atoms with Crippen LogP contribution >= 0.6 is 0 Å². The van der Waals surface area contributed by atoms with Crippen molar-refractivity contribution in [2.75, 3.05) is 14.2 Å². The molecule has 0 spiro atoms. The first-order valence-electron chi connectivity index (χ1n) is 9.58. The number of rotatable bonds is 5. The lowest BCUT2D eigenvalue weighted by atomic mass is 9.92. The van der Waals surface area contributed by atoms with Crippen LogP contribution in [-0.2, 0) is 19.4 Å². The fourth-order valence-corrected chi connectivity index (χ4v) is 3.96. The van der Waals surface area contributed by atoms with Crippen molar-refractivity contribution in [2.45, 2.75) is 19.4 Å². The molecule has 1 aliphatic rings. The minimum atomic E-state index is 0.671. The molecule has 29 heavy (non-hydrogen) atoms. The van der Waals surface area contributed by atoms with Gasteiger partial charge in [-0.3, -0.25) is 4.68 Å². The molecule has 0 saturated heterocycles. The Labute approximate surface area is 168 Å².